The van der Waals surface area contributed by atoms with Crippen molar-refractivity contribution in [1.82, 2.24) is 4.90 Å². The fourth-order valence-corrected chi connectivity index (χ4v) is 4.18. The van der Waals surface area contributed by atoms with Gasteiger partial charge in [-0.25, -0.2) is 8.42 Å². The Morgan fingerprint density at radius 2 is 1.76 bits per heavy atom. The Balaban J connectivity index is 2.30. The van der Waals surface area contributed by atoms with Crippen LogP contribution in [0.1, 0.15) is 32.3 Å². The number of amides is 1. The van der Waals surface area contributed by atoms with E-state index >= 15 is 0 Å². The maximum absolute atomic E-state index is 12.5. The highest BCUT2D eigenvalue weighted by Crippen LogP contribution is 2.27. The number of carbonyl (C=O) groups excluding carboxylic acids is 1. The predicted molar refractivity (Wildman–Crippen MR) is 103 cm³/mol. The smallest absolute Gasteiger partial charge is 0.243 e. The van der Waals surface area contributed by atoms with Crippen molar-refractivity contribution in [3.05, 3.63) is 23.8 Å². The van der Waals surface area contributed by atoms with E-state index in [0.29, 0.717) is 5.69 Å². The Bertz CT molecular complexity index is 708. The predicted octanol–water partition coefficient (Wildman–Crippen LogP) is 2.23. The summed E-state index contributed by atoms with van der Waals surface area (Å²) < 4.78 is 25.9. The molecule has 140 valence electrons. The molecular formula is C18H29N3O3S. The van der Waals surface area contributed by atoms with Crippen molar-refractivity contribution in [2.75, 3.05) is 48.2 Å². The van der Waals surface area contributed by atoms with E-state index in [2.05, 4.69) is 18.7 Å². The van der Waals surface area contributed by atoms with E-state index in [-0.39, 0.29) is 12.5 Å². The molecule has 0 aliphatic carbocycles. The number of sulfonamides is 1. The highest BCUT2D eigenvalue weighted by Gasteiger charge is 2.26. The van der Waals surface area contributed by atoms with Crippen molar-refractivity contribution in [2.24, 2.45) is 0 Å². The van der Waals surface area contributed by atoms with Gasteiger partial charge >= 0.3 is 0 Å². The van der Waals surface area contributed by atoms with Crippen molar-refractivity contribution in [3.63, 3.8) is 0 Å². The molecule has 1 saturated heterocycles. The van der Waals surface area contributed by atoms with E-state index in [0.717, 1.165) is 56.5 Å². The van der Waals surface area contributed by atoms with E-state index in [9.17, 15) is 13.2 Å². The Labute approximate surface area is 151 Å². The molecule has 7 heteroatoms. The first-order valence-electron chi connectivity index (χ1n) is 8.89. The molecule has 25 heavy (non-hydrogen) atoms. The molecule has 0 N–H and O–H groups in total. The number of carbonyl (C=O) groups is 1. The van der Waals surface area contributed by atoms with Gasteiger partial charge in [-0.2, -0.15) is 0 Å². The lowest BCUT2D eigenvalue weighted by atomic mass is 10.1. The highest BCUT2D eigenvalue weighted by molar-refractivity contribution is 7.92. The van der Waals surface area contributed by atoms with Gasteiger partial charge in [0.2, 0.25) is 15.9 Å². The minimum atomic E-state index is -3.54. The van der Waals surface area contributed by atoms with Gasteiger partial charge in [0.05, 0.1) is 11.9 Å². The van der Waals surface area contributed by atoms with Crippen molar-refractivity contribution in [2.45, 2.75) is 33.6 Å². The van der Waals surface area contributed by atoms with E-state index in [1.54, 1.807) is 11.0 Å². The molecule has 1 aromatic rings. The van der Waals surface area contributed by atoms with Crippen LogP contribution in [0.4, 0.5) is 11.4 Å². The Morgan fingerprint density at radius 1 is 1.16 bits per heavy atom. The van der Waals surface area contributed by atoms with Gasteiger partial charge in [-0.1, -0.05) is 0 Å². The van der Waals surface area contributed by atoms with Crippen LogP contribution >= 0.6 is 0 Å². The second kappa shape index (κ2) is 8.08. The number of nitrogens with zero attached hydrogens (tertiary/aromatic N) is 3. The summed E-state index contributed by atoms with van der Waals surface area (Å²) in [6, 6.07) is 5.72. The zero-order valence-corrected chi connectivity index (χ0v) is 16.5. The number of hydrogen-bond acceptors (Lipinski definition) is 4. The average molecular weight is 368 g/mol. The molecule has 0 spiro atoms. The number of aryl methyl sites for hydroxylation is 1. The molecule has 0 saturated carbocycles. The van der Waals surface area contributed by atoms with Gasteiger partial charge in [0.15, 0.2) is 0 Å². The lowest BCUT2D eigenvalue weighted by molar-refractivity contribution is -0.128. The molecule has 0 unspecified atom stereocenters. The van der Waals surface area contributed by atoms with Crippen LogP contribution in [-0.4, -0.2) is 58.2 Å². The molecule has 2 rings (SSSR count). The van der Waals surface area contributed by atoms with Crippen LogP contribution < -0.4 is 9.21 Å². The summed E-state index contributed by atoms with van der Waals surface area (Å²) in [5.41, 5.74) is 2.49. The maximum atomic E-state index is 12.5. The second-order valence-corrected chi connectivity index (χ2v) is 8.41. The maximum Gasteiger partial charge on any atom is 0.243 e. The summed E-state index contributed by atoms with van der Waals surface area (Å²) >= 11 is 0. The van der Waals surface area contributed by atoms with Crippen LogP contribution in [0, 0.1) is 6.92 Å². The van der Waals surface area contributed by atoms with E-state index in [1.807, 2.05) is 19.1 Å². The third-order valence-electron chi connectivity index (χ3n) is 4.72. The van der Waals surface area contributed by atoms with E-state index < -0.39 is 10.0 Å². The van der Waals surface area contributed by atoms with E-state index in [4.69, 9.17) is 0 Å². The van der Waals surface area contributed by atoms with Crippen molar-refractivity contribution >= 4 is 27.3 Å². The van der Waals surface area contributed by atoms with Gasteiger partial charge in [0.25, 0.3) is 0 Å². The highest BCUT2D eigenvalue weighted by atomic mass is 32.2. The summed E-state index contributed by atoms with van der Waals surface area (Å²) in [4.78, 5) is 16.4. The second-order valence-electron chi connectivity index (χ2n) is 6.50. The lowest BCUT2D eigenvalue weighted by Gasteiger charge is -2.28. The molecule has 1 fully saturated rings. The average Bonchev–Trinajstić information content (AvgIpc) is 3.08. The normalized spacial score (nSPS) is 14.6. The number of anilines is 2. The zero-order valence-electron chi connectivity index (χ0n) is 15.7. The van der Waals surface area contributed by atoms with E-state index in [1.165, 1.54) is 4.31 Å². The van der Waals surface area contributed by atoms with Crippen LogP contribution in [0.2, 0.25) is 0 Å². The largest absolute Gasteiger partial charge is 0.372 e. The number of hydrogen-bond donors (Lipinski definition) is 0. The van der Waals surface area contributed by atoms with Gasteiger partial charge in [0, 0.05) is 31.9 Å². The Hall–Kier alpha value is -1.76. The van der Waals surface area contributed by atoms with Crippen LogP contribution in [0.25, 0.3) is 0 Å². The zero-order chi connectivity index (χ0) is 18.6. The van der Waals surface area contributed by atoms with Gasteiger partial charge in [0.1, 0.15) is 6.54 Å². The Kier molecular flexibility index (Phi) is 6.32. The summed E-state index contributed by atoms with van der Waals surface area (Å²) in [6.07, 6.45) is 3.13. The number of likely N-dealkylation sites (tertiary alicyclic amines) is 1. The first-order chi connectivity index (χ1) is 11.8. The third-order valence-corrected chi connectivity index (χ3v) is 5.84. The summed E-state index contributed by atoms with van der Waals surface area (Å²) in [5, 5.41) is 0. The van der Waals surface area contributed by atoms with Crippen LogP contribution in [-0.2, 0) is 14.8 Å². The molecule has 1 heterocycles. The third kappa shape index (κ3) is 4.66. The molecule has 0 atom stereocenters. The fourth-order valence-electron chi connectivity index (χ4n) is 3.28. The number of rotatable bonds is 7. The topological polar surface area (TPSA) is 60.9 Å². The molecule has 1 aliphatic heterocycles. The minimum Gasteiger partial charge on any atom is -0.372 e. The first-order valence-corrected chi connectivity index (χ1v) is 10.7. The van der Waals surface area contributed by atoms with Gasteiger partial charge in [-0.05, 0) is 57.4 Å². The molecule has 1 amide bonds. The lowest BCUT2D eigenvalue weighted by Crippen LogP contribution is -2.42. The SMILES string of the molecule is CCN(CC)c1ccc(N(CC(=O)N2CCCC2)S(C)(=O)=O)c(C)c1. The monoisotopic (exact) mass is 367 g/mol. The molecule has 6 nitrogen and oxygen atoms in total. The molecule has 1 aromatic carbocycles. The summed E-state index contributed by atoms with van der Waals surface area (Å²) in [5.74, 6) is -0.129. The molecular weight excluding hydrogens is 338 g/mol. The quantitative estimate of drug-likeness (QED) is 0.741. The molecule has 0 radical (unpaired) electrons. The minimum absolute atomic E-state index is 0.129. The Morgan fingerprint density at radius 3 is 2.24 bits per heavy atom. The first kappa shape index (κ1) is 19.6. The fraction of sp³-hybridized carbons (Fsp3) is 0.611. The van der Waals surface area contributed by atoms with Crippen LogP contribution in [0.3, 0.4) is 0 Å². The van der Waals surface area contributed by atoms with Gasteiger partial charge in [-0.15, -0.1) is 0 Å². The van der Waals surface area contributed by atoms with Crippen LogP contribution in [0.5, 0.6) is 0 Å². The van der Waals surface area contributed by atoms with Crippen LogP contribution in [0.15, 0.2) is 18.2 Å². The van der Waals surface area contributed by atoms with Crippen molar-refractivity contribution in [3.8, 4) is 0 Å². The summed E-state index contributed by atoms with van der Waals surface area (Å²) in [7, 11) is -3.54. The molecule has 0 aromatic heterocycles. The van der Waals surface area contributed by atoms with Crippen molar-refractivity contribution < 1.29 is 13.2 Å². The molecule has 0 bridgehead atoms. The summed E-state index contributed by atoms with van der Waals surface area (Å²) in [6.45, 7) is 9.14. The molecule has 1 aliphatic rings. The number of benzene rings is 1. The van der Waals surface area contributed by atoms with Gasteiger partial charge in [-0.3, -0.25) is 9.10 Å². The standard InChI is InChI=1S/C18H29N3O3S/c1-5-19(6-2)16-9-10-17(15(3)13-16)21(25(4,23)24)14-18(22)20-11-7-8-12-20/h9-10,13H,5-8,11-12,14H2,1-4H3. The van der Waals surface area contributed by atoms with Crippen molar-refractivity contribution in [1.29, 1.82) is 0 Å². The van der Waals surface area contributed by atoms with Gasteiger partial charge < -0.3 is 9.80 Å².